The molecule has 1 amide bonds. The van der Waals surface area contributed by atoms with Crippen molar-refractivity contribution in [2.75, 3.05) is 26.2 Å². The molecule has 0 aromatic heterocycles. The highest BCUT2D eigenvalue weighted by Gasteiger charge is 2.51. The summed E-state index contributed by atoms with van der Waals surface area (Å²) in [5.74, 6) is -0.453. The van der Waals surface area contributed by atoms with Crippen molar-refractivity contribution < 1.29 is 19.4 Å². The molecule has 2 N–H and O–H groups in total. The van der Waals surface area contributed by atoms with E-state index in [1.54, 1.807) is 12.1 Å². The van der Waals surface area contributed by atoms with Gasteiger partial charge >= 0.3 is 5.97 Å². The number of carboxylic acid groups (broad SMARTS) is 1. The molecule has 7 heteroatoms. The van der Waals surface area contributed by atoms with Crippen LogP contribution >= 0.6 is 13.5 Å². The van der Waals surface area contributed by atoms with Gasteiger partial charge in [-0.25, -0.2) is 4.79 Å². The molecule has 1 atom stereocenters. The fourth-order valence-electron chi connectivity index (χ4n) is 4.23. The van der Waals surface area contributed by atoms with Gasteiger partial charge in [0.05, 0.1) is 11.5 Å². The summed E-state index contributed by atoms with van der Waals surface area (Å²) in [4.78, 5) is 26.4. The van der Waals surface area contributed by atoms with Crippen molar-refractivity contribution >= 4 is 25.4 Å². The number of nitrogens with zero attached hydrogens (tertiary/aromatic N) is 1. The van der Waals surface area contributed by atoms with Gasteiger partial charge in [0.25, 0.3) is 0 Å². The molecule has 31 heavy (non-hydrogen) atoms. The third-order valence-corrected chi connectivity index (χ3v) is 6.10. The Bertz CT molecular complexity index is 878. The quantitative estimate of drug-likeness (QED) is 0.623. The molecule has 1 saturated heterocycles. The molecule has 0 unspecified atom stereocenters. The second-order valence-corrected chi connectivity index (χ2v) is 8.23. The largest absolute Gasteiger partial charge is 0.482 e. The van der Waals surface area contributed by atoms with Gasteiger partial charge in [-0.3, -0.25) is 4.79 Å². The van der Waals surface area contributed by atoms with Crippen molar-refractivity contribution in [3.05, 3.63) is 65.7 Å². The lowest BCUT2D eigenvalue weighted by Crippen LogP contribution is -2.41. The van der Waals surface area contributed by atoms with Gasteiger partial charge in [0.1, 0.15) is 5.75 Å². The molecule has 1 aliphatic heterocycles. The van der Waals surface area contributed by atoms with Crippen LogP contribution in [0.2, 0.25) is 0 Å². The van der Waals surface area contributed by atoms with Crippen molar-refractivity contribution in [3.8, 4) is 5.75 Å². The Morgan fingerprint density at radius 3 is 2.26 bits per heavy atom. The number of nitrogens with one attached hydrogen (secondary N) is 1. The van der Waals surface area contributed by atoms with Gasteiger partial charge in [0.2, 0.25) is 5.91 Å². The van der Waals surface area contributed by atoms with Crippen LogP contribution in [0, 0.1) is 0 Å². The Morgan fingerprint density at radius 1 is 1.03 bits per heavy atom. The molecule has 4 rings (SSSR count). The van der Waals surface area contributed by atoms with Gasteiger partial charge in [0.15, 0.2) is 6.61 Å². The van der Waals surface area contributed by atoms with E-state index in [1.165, 1.54) is 12.8 Å². The number of carboxylic acids is 1. The molecule has 166 valence electrons. The predicted molar refractivity (Wildman–Crippen MR) is 124 cm³/mol. The molecule has 1 aliphatic carbocycles. The minimum absolute atomic E-state index is 0. The summed E-state index contributed by atoms with van der Waals surface area (Å²) >= 11 is 0. The second kappa shape index (κ2) is 10.2. The maximum atomic E-state index is 13.3. The standard InChI is InChI=1S/C24H28N2O4.H2S/c27-22(28)17-30-20-10-8-19(9-11-20)24(12-13-24)23(29)25-21(16-26-14-4-5-15-26)18-6-2-1-3-7-18;/h1-3,6-11,21H,4-5,12-17H2,(H,25,29)(H,27,28);1H2/t21-;/m1./s1. The Morgan fingerprint density at radius 2 is 1.68 bits per heavy atom. The summed E-state index contributed by atoms with van der Waals surface area (Å²) in [5, 5.41) is 12.1. The average Bonchev–Trinajstić information content (AvgIpc) is 3.42. The molecule has 0 radical (unpaired) electrons. The molecule has 0 spiro atoms. The van der Waals surface area contributed by atoms with Gasteiger partial charge in [-0.1, -0.05) is 42.5 Å². The summed E-state index contributed by atoms with van der Waals surface area (Å²) in [6.07, 6.45) is 4.07. The third-order valence-electron chi connectivity index (χ3n) is 6.10. The van der Waals surface area contributed by atoms with Crippen LogP contribution in [0.5, 0.6) is 5.75 Å². The van der Waals surface area contributed by atoms with Crippen LogP contribution in [0.3, 0.4) is 0 Å². The number of hydrogen-bond donors (Lipinski definition) is 2. The Labute approximate surface area is 190 Å². The lowest BCUT2D eigenvalue weighted by Gasteiger charge is -2.27. The zero-order chi connectivity index (χ0) is 21.0. The average molecular weight is 443 g/mol. The number of aliphatic carboxylic acids is 1. The first-order chi connectivity index (χ1) is 14.6. The van der Waals surface area contributed by atoms with Gasteiger partial charge in [0, 0.05) is 6.54 Å². The smallest absolute Gasteiger partial charge is 0.341 e. The molecule has 2 fully saturated rings. The number of amides is 1. The van der Waals surface area contributed by atoms with Crippen LogP contribution in [0.25, 0.3) is 0 Å². The van der Waals surface area contributed by atoms with Crippen LogP contribution in [0.4, 0.5) is 0 Å². The molecule has 0 bridgehead atoms. The number of carbonyl (C=O) groups excluding carboxylic acids is 1. The highest BCUT2D eigenvalue weighted by atomic mass is 32.1. The second-order valence-electron chi connectivity index (χ2n) is 8.23. The predicted octanol–water partition coefficient (Wildman–Crippen LogP) is 3.25. The van der Waals surface area contributed by atoms with E-state index in [0.717, 1.165) is 43.6 Å². The van der Waals surface area contributed by atoms with E-state index in [0.29, 0.717) is 5.75 Å². The number of hydrogen-bond acceptors (Lipinski definition) is 4. The zero-order valence-corrected chi connectivity index (χ0v) is 18.5. The summed E-state index contributed by atoms with van der Waals surface area (Å²) in [6, 6.07) is 17.4. The number of ether oxygens (including phenoxy) is 1. The van der Waals surface area contributed by atoms with E-state index < -0.39 is 11.4 Å². The maximum absolute atomic E-state index is 13.3. The van der Waals surface area contributed by atoms with E-state index in [1.807, 2.05) is 30.3 Å². The molecule has 6 nitrogen and oxygen atoms in total. The minimum Gasteiger partial charge on any atom is -0.482 e. The Kier molecular flexibility index (Phi) is 7.62. The molecule has 2 aromatic carbocycles. The van der Waals surface area contributed by atoms with Crippen molar-refractivity contribution in [1.29, 1.82) is 0 Å². The monoisotopic (exact) mass is 442 g/mol. The SMILES string of the molecule is O=C(O)COc1ccc(C2(C(=O)N[C@H](CN3CCCC3)c3ccccc3)CC2)cc1.S. The summed E-state index contributed by atoms with van der Waals surface area (Å²) < 4.78 is 5.21. The van der Waals surface area contributed by atoms with Crippen molar-refractivity contribution in [1.82, 2.24) is 10.2 Å². The maximum Gasteiger partial charge on any atom is 0.341 e. The molecular formula is C24H30N2O4S. The first kappa shape index (κ1) is 23.2. The zero-order valence-electron chi connectivity index (χ0n) is 17.5. The molecule has 2 aliphatic rings. The van der Waals surface area contributed by atoms with Crippen LogP contribution in [0.15, 0.2) is 54.6 Å². The first-order valence-electron chi connectivity index (χ1n) is 10.6. The Hall–Kier alpha value is -2.51. The van der Waals surface area contributed by atoms with Crippen LogP contribution in [-0.4, -0.2) is 48.1 Å². The lowest BCUT2D eigenvalue weighted by atomic mass is 9.94. The Balaban J connectivity index is 0.00000272. The number of likely N-dealkylation sites (tertiary alicyclic amines) is 1. The lowest BCUT2D eigenvalue weighted by molar-refractivity contribution is -0.139. The first-order valence-corrected chi connectivity index (χ1v) is 10.6. The minimum atomic E-state index is -1.01. The van der Waals surface area contributed by atoms with Crippen LogP contribution in [-0.2, 0) is 15.0 Å². The van der Waals surface area contributed by atoms with Gasteiger partial charge in [-0.05, 0) is 62.0 Å². The fraction of sp³-hybridized carbons (Fsp3) is 0.417. The van der Waals surface area contributed by atoms with Gasteiger partial charge < -0.3 is 20.1 Å². The molecule has 2 aromatic rings. The van der Waals surface area contributed by atoms with Gasteiger partial charge in [-0.2, -0.15) is 13.5 Å². The van der Waals surface area contributed by atoms with E-state index in [4.69, 9.17) is 9.84 Å². The molecule has 1 saturated carbocycles. The van der Waals surface area contributed by atoms with E-state index in [2.05, 4.69) is 22.3 Å². The van der Waals surface area contributed by atoms with E-state index in [-0.39, 0.29) is 32.1 Å². The summed E-state index contributed by atoms with van der Waals surface area (Å²) in [7, 11) is 0. The highest BCUT2D eigenvalue weighted by molar-refractivity contribution is 7.59. The van der Waals surface area contributed by atoms with E-state index in [9.17, 15) is 9.59 Å². The summed E-state index contributed by atoms with van der Waals surface area (Å²) in [6.45, 7) is 2.62. The summed E-state index contributed by atoms with van der Waals surface area (Å²) in [5.41, 5.74) is 1.59. The van der Waals surface area contributed by atoms with Crippen molar-refractivity contribution in [3.63, 3.8) is 0 Å². The van der Waals surface area contributed by atoms with Crippen molar-refractivity contribution in [2.24, 2.45) is 0 Å². The third kappa shape index (κ3) is 5.60. The highest BCUT2D eigenvalue weighted by Crippen LogP contribution is 2.49. The normalized spacial score (nSPS) is 17.9. The number of benzene rings is 2. The molecule has 1 heterocycles. The van der Waals surface area contributed by atoms with Crippen LogP contribution in [0.1, 0.15) is 42.9 Å². The van der Waals surface area contributed by atoms with Crippen molar-refractivity contribution in [2.45, 2.75) is 37.1 Å². The van der Waals surface area contributed by atoms with Crippen LogP contribution < -0.4 is 10.1 Å². The van der Waals surface area contributed by atoms with Gasteiger partial charge in [-0.15, -0.1) is 0 Å². The number of carbonyl (C=O) groups is 2. The van der Waals surface area contributed by atoms with E-state index >= 15 is 0 Å². The fourth-order valence-corrected chi connectivity index (χ4v) is 4.23. The molecular weight excluding hydrogens is 412 g/mol. The topological polar surface area (TPSA) is 78.9 Å². The number of rotatable bonds is 9.